The maximum absolute atomic E-state index is 13.4. The van der Waals surface area contributed by atoms with Gasteiger partial charge in [0.05, 0.1) is 19.6 Å². The topological polar surface area (TPSA) is 116 Å². The van der Waals surface area contributed by atoms with E-state index in [4.69, 9.17) is 9.47 Å². The molecule has 0 bridgehead atoms. The first-order valence-corrected chi connectivity index (χ1v) is 13.1. The summed E-state index contributed by atoms with van der Waals surface area (Å²) in [6.45, 7) is 2.69. The van der Waals surface area contributed by atoms with E-state index < -0.39 is 0 Å². The normalized spacial score (nSPS) is 15.3. The monoisotopic (exact) mass is 515 g/mol. The van der Waals surface area contributed by atoms with Gasteiger partial charge in [0.1, 0.15) is 12.3 Å². The fourth-order valence-electron chi connectivity index (χ4n) is 5.11. The zero-order valence-electron chi connectivity index (χ0n) is 21.2. The fourth-order valence-corrected chi connectivity index (χ4v) is 5.11. The Morgan fingerprint density at radius 3 is 2.87 bits per heavy atom. The molecule has 6 rings (SSSR count). The number of morpholine rings is 1. The van der Waals surface area contributed by atoms with Gasteiger partial charge in [-0.3, -0.25) is 10.0 Å². The Balaban J connectivity index is 1.23. The van der Waals surface area contributed by atoms with Crippen molar-refractivity contribution in [3.63, 3.8) is 0 Å². The number of carbonyl (C=O) groups excluding carboxylic acids is 1. The number of hydrogen-bond acceptors (Lipinski definition) is 7. The lowest BCUT2D eigenvalue weighted by atomic mass is 9.95. The zero-order valence-corrected chi connectivity index (χ0v) is 21.2. The van der Waals surface area contributed by atoms with Crippen LogP contribution in [0, 0.1) is 0 Å². The second-order valence-electron chi connectivity index (χ2n) is 9.63. The first-order chi connectivity index (χ1) is 18.6. The minimum Gasteiger partial charge on any atom is -0.477 e. The van der Waals surface area contributed by atoms with Gasteiger partial charge in [0.2, 0.25) is 23.7 Å². The largest absolute Gasteiger partial charge is 0.477 e. The van der Waals surface area contributed by atoms with Crippen molar-refractivity contribution in [3.05, 3.63) is 71.3 Å². The third-order valence-corrected chi connectivity index (χ3v) is 7.10. The van der Waals surface area contributed by atoms with Crippen molar-refractivity contribution in [2.45, 2.75) is 32.1 Å². The van der Waals surface area contributed by atoms with E-state index in [-0.39, 0.29) is 18.2 Å². The molecule has 1 aliphatic heterocycles. The fraction of sp³-hybridized carbons (Fsp3) is 0.357. The van der Waals surface area contributed by atoms with Crippen LogP contribution in [0.1, 0.15) is 40.3 Å². The molecular formula is C28H31N6O4+. The number of nitrogens with one attached hydrogen (secondary N) is 2. The molecule has 4 heterocycles. The molecule has 196 valence electrons. The Hall–Kier alpha value is -4.18. The Kier molecular flexibility index (Phi) is 6.78. The highest BCUT2D eigenvalue weighted by Crippen LogP contribution is 2.31. The molecule has 0 saturated carbocycles. The summed E-state index contributed by atoms with van der Waals surface area (Å²) in [5, 5.41) is 14.1. The number of benzene rings is 1. The molecule has 3 N–H and O–H groups in total. The van der Waals surface area contributed by atoms with Crippen molar-refractivity contribution in [3.8, 4) is 5.88 Å². The van der Waals surface area contributed by atoms with E-state index in [2.05, 4.69) is 20.3 Å². The first-order valence-electron chi connectivity index (χ1n) is 13.1. The van der Waals surface area contributed by atoms with Gasteiger partial charge in [-0.25, -0.2) is 4.98 Å². The van der Waals surface area contributed by atoms with Crippen molar-refractivity contribution < 1.29 is 24.2 Å². The number of pyridine rings is 1. The van der Waals surface area contributed by atoms with E-state index >= 15 is 0 Å². The molecular weight excluding hydrogens is 484 g/mol. The van der Waals surface area contributed by atoms with E-state index in [1.165, 1.54) is 29.5 Å². The van der Waals surface area contributed by atoms with E-state index in [0.717, 1.165) is 28.8 Å². The molecule has 10 heteroatoms. The maximum atomic E-state index is 13.4. The Bertz CT molecular complexity index is 1460. The summed E-state index contributed by atoms with van der Waals surface area (Å²) < 4.78 is 12.5. The highest BCUT2D eigenvalue weighted by atomic mass is 16.5. The number of H-pyrrole nitrogens is 1. The number of nitrogens with zero attached hydrogens (tertiary/aromatic N) is 4. The molecule has 0 spiro atoms. The number of aromatic amines is 1. The molecule has 38 heavy (non-hydrogen) atoms. The molecule has 2 aliphatic rings. The molecule has 1 aromatic carbocycles. The van der Waals surface area contributed by atoms with Crippen molar-refractivity contribution in [1.82, 2.24) is 15.0 Å². The van der Waals surface area contributed by atoms with Gasteiger partial charge < -0.3 is 24.7 Å². The zero-order chi connectivity index (χ0) is 25.9. The highest BCUT2D eigenvalue weighted by molar-refractivity contribution is 6.04. The Labute approximate surface area is 220 Å². The molecule has 4 aromatic rings. The summed E-state index contributed by atoms with van der Waals surface area (Å²) >= 11 is 0. The number of carbonyl (C=O) groups is 1. The molecule has 10 nitrogen and oxygen atoms in total. The maximum Gasteiger partial charge on any atom is 0.274 e. The molecule has 0 atom stereocenters. The molecule has 1 aliphatic carbocycles. The number of amides is 1. The molecule has 3 aromatic heterocycles. The molecule has 0 unspecified atom stereocenters. The predicted molar refractivity (Wildman–Crippen MR) is 141 cm³/mol. The quantitative estimate of drug-likeness (QED) is 0.256. The van der Waals surface area contributed by atoms with Gasteiger partial charge in [0, 0.05) is 58.3 Å². The Morgan fingerprint density at radius 2 is 2.00 bits per heavy atom. The van der Waals surface area contributed by atoms with Crippen molar-refractivity contribution in [2.24, 2.45) is 0 Å². The lowest BCUT2D eigenvalue weighted by molar-refractivity contribution is -0.909. The summed E-state index contributed by atoms with van der Waals surface area (Å²) in [6.07, 6.45) is 6.56. The summed E-state index contributed by atoms with van der Waals surface area (Å²) in [6, 6.07) is 13.0. The van der Waals surface area contributed by atoms with Crippen LogP contribution in [0.15, 0.2) is 48.7 Å². The van der Waals surface area contributed by atoms with Crippen LogP contribution in [0.25, 0.3) is 10.9 Å². The molecule has 1 fully saturated rings. The van der Waals surface area contributed by atoms with Crippen molar-refractivity contribution >= 4 is 28.4 Å². The number of fused-ring (bicyclic) bond motifs is 3. The van der Waals surface area contributed by atoms with E-state index in [9.17, 15) is 10.0 Å². The molecule has 0 radical (unpaired) electrons. The number of hydrogen-bond donors (Lipinski definition) is 3. The number of anilines is 2. The number of aryl methyl sites for hydroxylation is 2. The molecule has 1 amide bonds. The van der Waals surface area contributed by atoms with Crippen LogP contribution in [0.3, 0.4) is 0 Å². The van der Waals surface area contributed by atoms with Crippen LogP contribution < -0.4 is 19.7 Å². The second-order valence-corrected chi connectivity index (χ2v) is 9.63. The number of ether oxygens (including phenoxy) is 2. The summed E-state index contributed by atoms with van der Waals surface area (Å²) in [4.78, 5) is 28.0. The van der Waals surface area contributed by atoms with Crippen LogP contribution in [-0.4, -0.2) is 59.0 Å². The standard InChI is InChI=1S/C28H30N6O4/c35-27(29-19-8-9-24-22(17-19)21-6-1-2-7-23(21)30-24)25-18-26(32-28(31-25)33-12-15-37-16-13-33)38-14-10-20-5-3-4-11-34(20)36/h3-5,8-9,11,17-18H,1-2,6-7,10,12-16H2,(H2-,29,30,31,32,35,36)/p+1. The van der Waals surface area contributed by atoms with Crippen LogP contribution in [0.4, 0.5) is 11.6 Å². The third-order valence-electron chi connectivity index (χ3n) is 7.10. The van der Waals surface area contributed by atoms with E-state index in [1.54, 1.807) is 18.3 Å². The number of rotatable bonds is 7. The van der Waals surface area contributed by atoms with Crippen molar-refractivity contribution in [2.75, 3.05) is 43.1 Å². The summed E-state index contributed by atoms with van der Waals surface area (Å²) in [7, 11) is 0. The summed E-state index contributed by atoms with van der Waals surface area (Å²) in [5.41, 5.74) is 5.42. The van der Waals surface area contributed by atoms with Gasteiger partial charge in [0.15, 0.2) is 0 Å². The minimum absolute atomic E-state index is 0.226. The van der Waals surface area contributed by atoms with Gasteiger partial charge in [0.25, 0.3) is 5.91 Å². The van der Waals surface area contributed by atoms with Gasteiger partial charge in [-0.15, -0.1) is 0 Å². The van der Waals surface area contributed by atoms with Crippen LogP contribution >= 0.6 is 0 Å². The van der Waals surface area contributed by atoms with Crippen LogP contribution in [-0.2, 0) is 24.0 Å². The average Bonchev–Trinajstić information content (AvgIpc) is 3.32. The predicted octanol–water partition coefficient (Wildman–Crippen LogP) is 3.07. The number of aromatic nitrogens is 4. The van der Waals surface area contributed by atoms with E-state index in [0.29, 0.717) is 50.2 Å². The summed E-state index contributed by atoms with van der Waals surface area (Å²) in [5.74, 6) is 0.414. The minimum atomic E-state index is -0.327. The van der Waals surface area contributed by atoms with Gasteiger partial charge in [-0.2, -0.15) is 4.98 Å². The third kappa shape index (κ3) is 5.12. The highest BCUT2D eigenvalue weighted by Gasteiger charge is 2.21. The van der Waals surface area contributed by atoms with Gasteiger partial charge >= 0.3 is 0 Å². The van der Waals surface area contributed by atoms with Crippen LogP contribution in [0.2, 0.25) is 0 Å². The average molecular weight is 516 g/mol. The van der Waals surface area contributed by atoms with Gasteiger partial charge in [-0.05, 0) is 55.5 Å². The lowest BCUT2D eigenvalue weighted by Crippen LogP contribution is -2.37. The Morgan fingerprint density at radius 1 is 1.13 bits per heavy atom. The second kappa shape index (κ2) is 10.7. The van der Waals surface area contributed by atoms with E-state index in [1.807, 2.05) is 35.2 Å². The van der Waals surface area contributed by atoms with Gasteiger partial charge in [-0.1, -0.05) is 0 Å². The van der Waals surface area contributed by atoms with Crippen LogP contribution in [0.5, 0.6) is 5.88 Å². The lowest BCUT2D eigenvalue weighted by Gasteiger charge is -2.27. The smallest absolute Gasteiger partial charge is 0.274 e. The molecule has 1 saturated heterocycles. The first kappa shape index (κ1) is 24.2. The SMILES string of the molecule is O=C(Nc1ccc2[nH]c3c(c2c1)CCCC3)c1cc(OCCc2cccc[n+]2O)nc(N2CCOCC2)n1. The van der Waals surface area contributed by atoms with Crippen molar-refractivity contribution in [1.29, 1.82) is 0 Å².